The van der Waals surface area contributed by atoms with Crippen molar-refractivity contribution in [1.29, 1.82) is 0 Å². The first kappa shape index (κ1) is 15.3. The summed E-state index contributed by atoms with van der Waals surface area (Å²) < 4.78 is 0. The fourth-order valence-corrected chi connectivity index (χ4v) is 2.87. The Bertz CT molecular complexity index is 450. The van der Waals surface area contributed by atoms with E-state index in [-0.39, 0.29) is 12.5 Å². The fourth-order valence-electron chi connectivity index (χ4n) is 2.70. The molecule has 2 N–H and O–H groups in total. The first-order valence-electron chi connectivity index (χ1n) is 7.17. The molecule has 1 aromatic rings. The van der Waals surface area contributed by atoms with E-state index >= 15 is 0 Å². The zero-order valence-corrected chi connectivity index (χ0v) is 12.6. The molecule has 1 aliphatic rings. The number of halogens is 1. The highest BCUT2D eigenvalue weighted by Gasteiger charge is 2.35. The van der Waals surface area contributed by atoms with Crippen molar-refractivity contribution in [3.63, 3.8) is 0 Å². The largest absolute Gasteiger partial charge is 0.394 e. The maximum absolute atomic E-state index is 12.3. The van der Waals surface area contributed by atoms with E-state index < -0.39 is 5.54 Å². The van der Waals surface area contributed by atoms with Gasteiger partial charge >= 0.3 is 0 Å². The highest BCUT2D eigenvalue weighted by atomic mass is 35.5. The van der Waals surface area contributed by atoms with Gasteiger partial charge in [0.2, 0.25) is 0 Å². The number of hydrogen-bond acceptors (Lipinski definition) is 2. The summed E-state index contributed by atoms with van der Waals surface area (Å²) in [6, 6.07) is 7.28. The van der Waals surface area contributed by atoms with E-state index in [2.05, 4.69) is 12.2 Å². The van der Waals surface area contributed by atoms with Crippen molar-refractivity contribution in [3.8, 4) is 0 Å². The molecular weight excluding hydrogens is 274 g/mol. The molecule has 1 fully saturated rings. The summed E-state index contributed by atoms with van der Waals surface area (Å²) >= 11 is 5.74. The van der Waals surface area contributed by atoms with Crippen LogP contribution in [-0.4, -0.2) is 23.2 Å². The molecule has 1 saturated carbocycles. The van der Waals surface area contributed by atoms with E-state index in [1.165, 1.54) is 0 Å². The van der Waals surface area contributed by atoms with Gasteiger partial charge in [-0.05, 0) is 49.3 Å². The summed E-state index contributed by atoms with van der Waals surface area (Å²) in [6.07, 6.45) is 3.78. The van der Waals surface area contributed by atoms with Crippen molar-refractivity contribution in [2.75, 3.05) is 6.61 Å². The van der Waals surface area contributed by atoms with Crippen LogP contribution in [0.3, 0.4) is 0 Å². The average molecular weight is 296 g/mol. The Morgan fingerprint density at radius 3 is 2.45 bits per heavy atom. The van der Waals surface area contributed by atoms with Crippen LogP contribution in [0.1, 0.15) is 48.5 Å². The number of hydrogen-bond donors (Lipinski definition) is 2. The zero-order chi connectivity index (χ0) is 14.6. The number of rotatable bonds is 4. The minimum Gasteiger partial charge on any atom is -0.394 e. The summed E-state index contributed by atoms with van der Waals surface area (Å²) in [5.74, 6) is 1.00. The number of amides is 1. The molecule has 0 aromatic heterocycles. The Morgan fingerprint density at radius 2 is 1.95 bits per heavy atom. The van der Waals surface area contributed by atoms with E-state index in [9.17, 15) is 9.90 Å². The lowest BCUT2D eigenvalue weighted by Crippen LogP contribution is -2.53. The topological polar surface area (TPSA) is 49.3 Å². The van der Waals surface area contributed by atoms with Gasteiger partial charge in [-0.15, -0.1) is 11.6 Å². The first-order valence-corrected chi connectivity index (χ1v) is 7.70. The minimum absolute atomic E-state index is 0.00518. The van der Waals surface area contributed by atoms with Crippen LogP contribution in [0.2, 0.25) is 0 Å². The summed E-state index contributed by atoms with van der Waals surface area (Å²) in [6.45, 7) is 2.22. The Balaban J connectivity index is 2.04. The van der Waals surface area contributed by atoms with Crippen molar-refractivity contribution >= 4 is 17.5 Å². The fraction of sp³-hybridized carbons (Fsp3) is 0.562. The molecule has 20 heavy (non-hydrogen) atoms. The quantitative estimate of drug-likeness (QED) is 0.839. The lowest BCUT2D eigenvalue weighted by Gasteiger charge is -2.38. The van der Waals surface area contributed by atoms with Crippen LogP contribution < -0.4 is 5.32 Å². The van der Waals surface area contributed by atoms with Gasteiger partial charge in [-0.25, -0.2) is 0 Å². The third-order valence-electron chi connectivity index (χ3n) is 4.28. The molecule has 0 radical (unpaired) electrons. The standard InChI is InChI=1S/C16H22ClNO2/c1-12-6-8-16(11-19,9-7-12)18-15(20)14-4-2-13(10-17)3-5-14/h2-5,12,19H,6-11H2,1H3,(H,18,20). The van der Waals surface area contributed by atoms with Crippen LogP contribution in [0.25, 0.3) is 0 Å². The molecule has 1 aromatic carbocycles. The number of aliphatic hydroxyl groups excluding tert-OH is 1. The minimum atomic E-state index is -0.450. The van der Waals surface area contributed by atoms with Gasteiger partial charge in [0, 0.05) is 11.4 Å². The summed E-state index contributed by atoms with van der Waals surface area (Å²) in [7, 11) is 0. The van der Waals surface area contributed by atoms with Gasteiger partial charge in [0.15, 0.2) is 0 Å². The third kappa shape index (κ3) is 3.53. The molecule has 0 unspecified atom stereocenters. The van der Waals surface area contributed by atoms with Crippen LogP contribution in [0, 0.1) is 5.92 Å². The highest BCUT2D eigenvalue weighted by Crippen LogP contribution is 2.31. The van der Waals surface area contributed by atoms with Crippen LogP contribution in [0.4, 0.5) is 0 Å². The van der Waals surface area contributed by atoms with E-state index in [0.717, 1.165) is 31.2 Å². The summed E-state index contributed by atoms with van der Waals surface area (Å²) in [5, 5.41) is 12.7. The smallest absolute Gasteiger partial charge is 0.251 e. The molecule has 110 valence electrons. The zero-order valence-electron chi connectivity index (χ0n) is 11.9. The lowest BCUT2D eigenvalue weighted by atomic mass is 9.77. The van der Waals surface area contributed by atoms with Crippen LogP contribution >= 0.6 is 11.6 Å². The predicted octanol–water partition coefficient (Wildman–Crippen LogP) is 3.10. The van der Waals surface area contributed by atoms with Crippen molar-refractivity contribution in [1.82, 2.24) is 5.32 Å². The van der Waals surface area contributed by atoms with Crippen LogP contribution in [-0.2, 0) is 5.88 Å². The molecule has 0 atom stereocenters. The third-order valence-corrected chi connectivity index (χ3v) is 4.59. The first-order chi connectivity index (χ1) is 9.58. The van der Waals surface area contributed by atoms with E-state index in [1.54, 1.807) is 12.1 Å². The molecule has 0 bridgehead atoms. The van der Waals surface area contributed by atoms with Gasteiger partial charge in [0.1, 0.15) is 0 Å². The SMILES string of the molecule is CC1CCC(CO)(NC(=O)c2ccc(CCl)cc2)CC1. The van der Waals surface area contributed by atoms with Crippen molar-refractivity contribution in [2.45, 2.75) is 44.0 Å². The van der Waals surface area contributed by atoms with E-state index in [4.69, 9.17) is 11.6 Å². The van der Waals surface area contributed by atoms with Crippen molar-refractivity contribution < 1.29 is 9.90 Å². The normalized spacial score (nSPS) is 26.2. The molecule has 0 heterocycles. The predicted molar refractivity (Wildman–Crippen MR) is 80.9 cm³/mol. The molecule has 0 saturated heterocycles. The number of nitrogens with one attached hydrogen (secondary N) is 1. The number of benzene rings is 1. The van der Waals surface area contributed by atoms with Gasteiger partial charge in [0.05, 0.1) is 12.1 Å². The number of alkyl halides is 1. The van der Waals surface area contributed by atoms with E-state index in [1.807, 2.05) is 12.1 Å². The number of carbonyl (C=O) groups is 1. The van der Waals surface area contributed by atoms with Crippen LogP contribution in [0.5, 0.6) is 0 Å². The molecule has 1 aliphatic carbocycles. The Kier molecular flexibility index (Phi) is 5.06. The number of aliphatic hydroxyl groups is 1. The second kappa shape index (κ2) is 6.59. The Labute approximate surface area is 125 Å². The molecule has 0 spiro atoms. The average Bonchev–Trinajstić information content (AvgIpc) is 2.50. The van der Waals surface area contributed by atoms with Gasteiger partial charge in [-0.3, -0.25) is 4.79 Å². The molecule has 1 amide bonds. The van der Waals surface area contributed by atoms with Gasteiger partial charge in [0.25, 0.3) is 5.91 Å². The van der Waals surface area contributed by atoms with Gasteiger partial charge < -0.3 is 10.4 Å². The lowest BCUT2D eigenvalue weighted by molar-refractivity contribution is 0.0717. The maximum Gasteiger partial charge on any atom is 0.251 e. The Morgan fingerprint density at radius 1 is 1.35 bits per heavy atom. The highest BCUT2D eigenvalue weighted by molar-refractivity contribution is 6.17. The summed E-state index contributed by atoms with van der Waals surface area (Å²) in [5.41, 5.74) is 1.16. The molecular formula is C16H22ClNO2. The second-order valence-electron chi connectivity index (χ2n) is 5.91. The van der Waals surface area contributed by atoms with Gasteiger partial charge in [-0.2, -0.15) is 0 Å². The van der Waals surface area contributed by atoms with Crippen molar-refractivity contribution in [2.24, 2.45) is 5.92 Å². The number of carbonyl (C=O) groups excluding carboxylic acids is 1. The van der Waals surface area contributed by atoms with E-state index in [0.29, 0.717) is 17.4 Å². The van der Waals surface area contributed by atoms with Gasteiger partial charge in [-0.1, -0.05) is 19.1 Å². The maximum atomic E-state index is 12.3. The molecule has 2 rings (SSSR count). The second-order valence-corrected chi connectivity index (χ2v) is 6.17. The van der Waals surface area contributed by atoms with Crippen LogP contribution in [0.15, 0.2) is 24.3 Å². The molecule has 0 aliphatic heterocycles. The Hall–Kier alpha value is -1.06. The monoisotopic (exact) mass is 295 g/mol. The molecule has 3 nitrogen and oxygen atoms in total. The molecule has 4 heteroatoms. The van der Waals surface area contributed by atoms with Crippen molar-refractivity contribution in [3.05, 3.63) is 35.4 Å². The summed E-state index contributed by atoms with van der Waals surface area (Å²) in [4.78, 5) is 12.3.